The number of methoxy groups -OCH3 is 1. The van der Waals surface area contributed by atoms with E-state index in [0.29, 0.717) is 13.2 Å². The fraction of sp³-hybridized carbons (Fsp3) is 0.280. The van der Waals surface area contributed by atoms with Crippen molar-refractivity contribution in [3.05, 3.63) is 89.5 Å². The van der Waals surface area contributed by atoms with Crippen LogP contribution in [0, 0.1) is 0 Å². The topological polar surface area (TPSA) is 44.3 Å². The highest BCUT2D eigenvalue weighted by Gasteiger charge is 2.13. The second-order valence-corrected chi connectivity index (χ2v) is 6.83. The molecule has 0 spiro atoms. The van der Waals surface area contributed by atoms with Crippen LogP contribution in [0.2, 0.25) is 0 Å². The lowest BCUT2D eigenvalue weighted by molar-refractivity contribution is -0.670. The summed E-state index contributed by atoms with van der Waals surface area (Å²) in [5, 5.41) is 2.31. The highest BCUT2D eigenvalue weighted by atomic mass is 16.5. The molecule has 0 amide bonds. The van der Waals surface area contributed by atoms with Crippen molar-refractivity contribution >= 4 is 0 Å². The van der Waals surface area contributed by atoms with Gasteiger partial charge in [0.2, 0.25) is 0 Å². The predicted molar refractivity (Wildman–Crippen MR) is 116 cm³/mol. The van der Waals surface area contributed by atoms with E-state index in [1.54, 1.807) is 7.11 Å². The van der Waals surface area contributed by atoms with E-state index < -0.39 is 0 Å². The fourth-order valence-corrected chi connectivity index (χ4v) is 3.20. The van der Waals surface area contributed by atoms with E-state index in [4.69, 9.17) is 14.2 Å². The van der Waals surface area contributed by atoms with Crippen LogP contribution in [0.3, 0.4) is 0 Å². The van der Waals surface area contributed by atoms with E-state index >= 15 is 0 Å². The molecule has 0 bridgehead atoms. The monoisotopic (exact) mass is 392 g/mol. The van der Waals surface area contributed by atoms with Gasteiger partial charge in [-0.3, -0.25) is 0 Å². The van der Waals surface area contributed by atoms with Gasteiger partial charge >= 0.3 is 0 Å². The molecule has 0 aliphatic carbocycles. The number of quaternary nitrogens is 1. The van der Waals surface area contributed by atoms with E-state index in [-0.39, 0.29) is 0 Å². The largest absolute Gasteiger partial charge is 0.497 e. The third-order valence-electron chi connectivity index (χ3n) is 4.75. The van der Waals surface area contributed by atoms with Crippen LogP contribution >= 0.6 is 0 Å². The van der Waals surface area contributed by atoms with E-state index in [0.717, 1.165) is 47.9 Å². The Kier molecular flexibility index (Phi) is 7.96. The first-order valence-corrected chi connectivity index (χ1v) is 10.2. The Labute approximate surface area is 173 Å². The zero-order valence-corrected chi connectivity index (χ0v) is 17.3. The van der Waals surface area contributed by atoms with Gasteiger partial charge in [-0.15, -0.1) is 0 Å². The van der Waals surface area contributed by atoms with E-state index in [9.17, 15) is 0 Å². The van der Waals surface area contributed by atoms with Gasteiger partial charge < -0.3 is 19.5 Å². The van der Waals surface area contributed by atoms with Crippen LogP contribution < -0.4 is 19.5 Å². The maximum Gasteiger partial charge on any atom is 0.170 e. The number of ether oxygens (including phenoxy) is 3. The highest BCUT2D eigenvalue weighted by Crippen LogP contribution is 2.31. The van der Waals surface area contributed by atoms with Gasteiger partial charge in [-0.05, 0) is 42.3 Å². The average Bonchev–Trinajstić information content (AvgIpc) is 2.77. The Morgan fingerprint density at radius 1 is 0.793 bits per heavy atom. The smallest absolute Gasteiger partial charge is 0.170 e. The van der Waals surface area contributed by atoms with Crippen molar-refractivity contribution in [2.45, 2.75) is 26.5 Å². The van der Waals surface area contributed by atoms with Crippen molar-refractivity contribution < 1.29 is 19.5 Å². The average molecular weight is 393 g/mol. The van der Waals surface area contributed by atoms with Crippen molar-refractivity contribution in [1.82, 2.24) is 0 Å². The van der Waals surface area contributed by atoms with E-state index in [1.807, 2.05) is 49.4 Å². The molecule has 29 heavy (non-hydrogen) atoms. The molecule has 0 unspecified atom stereocenters. The molecule has 0 saturated heterocycles. The first-order valence-electron chi connectivity index (χ1n) is 10.2. The van der Waals surface area contributed by atoms with Crippen molar-refractivity contribution in [2.24, 2.45) is 0 Å². The molecule has 4 nitrogen and oxygen atoms in total. The molecule has 0 atom stereocenters. The number of nitrogens with two attached hydrogens (primary N) is 1. The lowest BCUT2D eigenvalue weighted by Gasteiger charge is -2.15. The maximum absolute atomic E-state index is 6.19. The Bertz CT molecular complexity index is 863. The van der Waals surface area contributed by atoms with Crippen LogP contribution in [-0.2, 0) is 19.6 Å². The van der Waals surface area contributed by atoms with Gasteiger partial charge in [0, 0.05) is 6.42 Å². The van der Waals surface area contributed by atoms with E-state index in [2.05, 4.69) is 35.6 Å². The zero-order valence-electron chi connectivity index (χ0n) is 17.3. The number of rotatable bonds is 11. The lowest BCUT2D eigenvalue weighted by atomic mass is 10.1. The summed E-state index contributed by atoms with van der Waals surface area (Å²) in [5.41, 5.74) is 3.61. The van der Waals surface area contributed by atoms with Gasteiger partial charge in [0.15, 0.2) is 11.5 Å². The third kappa shape index (κ3) is 6.26. The molecule has 3 aromatic rings. The molecule has 0 aliphatic rings. The summed E-state index contributed by atoms with van der Waals surface area (Å²) in [6.07, 6.45) is 1.01. The first kappa shape index (κ1) is 20.7. The molecule has 4 heteroatoms. The standard InChI is InChI=1S/C25H29NO3/c1-3-28-24-11-7-10-22(25(24)29-19-21-8-5-4-6-9-21)18-26-17-16-20-12-14-23(27-2)15-13-20/h4-15,26H,3,16-19H2,1-2H3/p+1. The number of para-hydroxylation sites is 1. The minimum atomic E-state index is 0.532. The predicted octanol–water partition coefficient (Wildman–Crippen LogP) is 3.98. The molecular weight excluding hydrogens is 362 g/mol. The Balaban J connectivity index is 1.60. The van der Waals surface area contributed by atoms with Gasteiger partial charge in [-0.25, -0.2) is 0 Å². The molecule has 0 radical (unpaired) electrons. The molecule has 0 aromatic heterocycles. The summed E-state index contributed by atoms with van der Waals surface area (Å²) in [6.45, 7) is 5.00. The summed E-state index contributed by atoms with van der Waals surface area (Å²) in [5.74, 6) is 2.55. The quantitative estimate of drug-likeness (QED) is 0.502. The molecule has 0 saturated carbocycles. The normalized spacial score (nSPS) is 10.6. The zero-order chi connectivity index (χ0) is 20.3. The summed E-state index contributed by atoms with van der Waals surface area (Å²) in [4.78, 5) is 0. The summed E-state index contributed by atoms with van der Waals surface area (Å²) in [7, 11) is 1.69. The van der Waals surface area contributed by atoms with Crippen molar-refractivity contribution in [1.29, 1.82) is 0 Å². The molecule has 0 aliphatic heterocycles. The second kappa shape index (κ2) is 11.1. The van der Waals surface area contributed by atoms with Crippen LogP contribution in [0.5, 0.6) is 17.2 Å². The molecular formula is C25H30NO3+. The number of benzene rings is 3. The highest BCUT2D eigenvalue weighted by molar-refractivity contribution is 5.46. The van der Waals surface area contributed by atoms with Crippen LogP contribution in [-0.4, -0.2) is 20.3 Å². The molecule has 3 aromatic carbocycles. The Morgan fingerprint density at radius 3 is 2.31 bits per heavy atom. The molecule has 0 heterocycles. The SMILES string of the molecule is CCOc1cccc(C[NH2+]CCc2ccc(OC)cc2)c1OCc1ccccc1. The number of hydrogen-bond donors (Lipinski definition) is 1. The molecule has 0 fully saturated rings. The van der Waals surface area contributed by atoms with Crippen molar-refractivity contribution in [3.63, 3.8) is 0 Å². The van der Waals surface area contributed by atoms with Gasteiger partial charge in [0.25, 0.3) is 0 Å². The van der Waals surface area contributed by atoms with Crippen LogP contribution in [0.25, 0.3) is 0 Å². The third-order valence-corrected chi connectivity index (χ3v) is 4.75. The Hall–Kier alpha value is -2.98. The van der Waals surface area contributed by atoms with Gasteiger partial charge in [0.05, 0.1) is 25.8 Å². The number of hydrogen-bond acceptors (Lipinski definition) is 3. The first-order chi connectivity index (χ1) is 14.3. The van der Waals surface area contributed by atoms with Gasteiger partial charge in [-0.1, -0.05) is 48.5 Å². The second-order valence-electron chi connectivity index (χ2n) is 6.83. The minimum Gasteiger partial charge on any atom is -0.497 e. The lowest BCUT2D eigenvalue weighted by Crippen LogP contribution is -2.83. The van der Waals surface area contributed by atoms with E-state index in [1.165, 1.54) is 5.56 Å². The maximum atomic E-state index is 6.19. The minimum absolute atomic E-state index is 0.532. The Morgan fingerprint density at radius 2 is 1.59 bits per heavy atom. The summed E-state index contributed by atoms with van der Waals surface area (Å²) in [6, 6.07) is 24.6. The molecule has 3 rings (SSSR count). The van der Waals surface area contributed by atoms with Crippen LogP contribution in [0.1, 0.15) is 23.6 Å². The fourth-order valence-electron chi connectivity index (χ4n) is 3.20. The molecule has 2 N–H and O–H groups in total. The molecule has 152 valence electrons. The van der Waals surface area contributed by atoms with Gasteiger partial charge in [0.1, 0.15) is 18.9 Å². The van der Waals surface area contributed by atoms with Crippen LogP contribution in [0.4, 0.5) is 0 Å². The van der Waals surface area contributed by atoms with Crippen molar-refractivity contribution in [2.75, 3.05) is 20.3 Å². The summed E-state index contributed by atoms with van der Waals surface area (Å²) >= 11 is 0. The van der Waals surface area contributed by atoms with Gasteiger partial charge in [-0.2, -0.15) is 0 Å². The summed E-state index contributed by atoms with van der Waals surface area (Å²) < 4.78 is 17.2. The van der Waals surface area contributed by atoms with Crippen molar-refractivity contribution in [3.8, 4) is 17.2 Å². The van der Waals surface area contributed by atoms with Crippen LogP contribution in [0.15, 0.2) is 72.8 Å².